The predicted molar refractivity (Wildman–Crippen MR) is 70.5 cm³/mol. The quantitative estimate of drug-likeness (QED) is 0.732. The monoisotopic (exact) mass is 302 g/mol. The van der Waals surface area contributed by atoms with Crippen LogP contribution in [0.5, 0.6) is 5.75 Å². The van der Waals surface area contributed by atoms with Gasteiger partial charge < -0.3 is 15.7 Å². The van der Waals surface area contributed by atoms with E-state index < -0.39 is 34.7 Å². The molecule has 0 aromatic heterocycles. The van der Waals surface area contributed by atoms with Crippen LogP contribution in [0.15, 0.2) is 6.07 Å². The van der Waals surface area contributed by atoms with E-state index in [2.05, 4.69) is 10.6 Å². The second-order valence-corrected chi connectivity index (χ2v) is 5.86. The zero-order chi connectivity index (χ0) is 15.8. The van der Waals surface area contributed by atoms with Gasteiger partial charge in [-0.05, 0) is 24.4 Å². The number of hydrogen-bond donors (Lipinski definition) is 3. The molecule has 1 unspecified atom stereocenters. The van der Waals surface area contributed by atoms with Gasteiger partial charge in [0.2, 0.25) is 5.82 Å². The number of phenolic OH excluding ortho intramolecular Hbond substituents is 1. The summed E-state index contributed by atoms with van der Waals surface area (Å²) in [5.41, 5.74) is -0.967. The Bertz CT molecular complexity index is 576. The highest BCUT2D eigenvalue weighted by molar-refractivity contribution is 5.95. The molecule has 0 saturated carbocycles. The fraction of sp³-hybridized carbons (Fsp3) is 0.500. The van der Waals surface area contributed by atoms with Gasteiger partial charge in [-0.3, -0.25) is 4.79 Å². The molecule has 7 heteroatoms. The summed E-state index contributed by atoms with van der Waals surface area (Å²) in [5.74, 6) is -6.99. The molecule has 1 saturated heterocycles. The number of piperidine rings is 1. The average Bonchev–Trinajstić information content (AvgIpc) is 2.42. The van der Waals surface area contributed by atoms with Crippen molar-refractivity contribution in [2.24, 2.45) is 5.41 Å². The van der Waals surface area contributed by atoms with E-state index in [1.165, 1.54) is 0 Å². The van der Waals surface area contributed by atoms with Crippen LogP contribution in [0.3, 0.4) is 0 Å². The molecular weight excluding hydrogens is 285 g/mol. The minimum Gasteiger partial charge on any atom is -0.503 e. The molecule has 1 aromatic rings. The van der Waals surface area contributed by atoms with Crippen LogP contribution < -0.4 is 10.6 Å². The van der Waals surface area contributed by atoms with Crippen molar-refractivity contribution in [1.29, 1.82) is 0 Å². The molecule has 1 aliphatic heterocycles. The largest absolute Gasteiger partial charge is 0.503 e. The first-order valence-electron chi connectivity index (χ1n) is 6.62. The molecule has 1 atom stereocenters. The highest BCUT2D eigenvalue weighted by Gasteiger charge is 2.34. The minimum atomic E-state index is -1.70. The smallest absolute Gasteiger partial charge is 0.254 e. The minimum absolute atomic E-state index is 0.235. The standard InChI is InChI=1S/C14H17F3N2O2/c1-14(2)6-18-4-3-9(14)19-13(21)7-5-8(15)11(17)12(20)10(7)16/h5,9,18,20H,3-4,6H2,1-2H3,(H,19,21). The molecule has 1 amide bonds. The SMILES string of the molecule is CC1(C)CNCCC1NC(=O)c1cc(F)c(F)c(O)c1F. The van der Waals surface area contributed by atoms with E-state index in [9.17, 15) is 18.0 Å². The molecule has 21 heavy (non-hydrogen) atoms. The van der Waals surface area contributed by atoms with Gasteiger partial charge in [0.15, 0.2) is 17.4 Å². The summed E-state index contributed by atoms with van der Waals surface area (Å²) < 4.78 is 39.9. The summed E-state index contributed by atoms with van der Waals surface area (Å²) in [6.45, 7) is 5.23. The molecule has 2 rings (SSSR count). The number of carbonyl (C=O) groups is 1. The van der Waals surface area contributed by atoms with Crippen molar-refractivity contribution < 1.29 is 23.1 Å². The maximum Gasteiger partial charge on any atom is 0.254 e. The number of benzene rings is 1. The van der Waals surface area contributed by atoms with Gasteiger partial charge >= 0.3 is 0 Å². The molecule has 1 aromatic carbocycles. The third kappa shape index (κ3) is 2.97. The van der Waals surface area contributed by atoms with Crippen molar-refractivity contribution in [2.75, 3.05) is 13.1 Å². The van der Waals surface area contributed by atoms with Crippen LogP contribution in [0, 0.1) is 22.9 Å². The van der Waals surface area contributed by atoms with Crippen LogP contribution in [-0.4, -0.2) is 30.1 Å². The van der Waals surface area contributed by atoms with Crippen LogP contribution in [0.1, 0.15) is 30.6 Å². The summed E-state index contributed by atoms with van der Waals surface area (Å²) in [7, 11) is 0. The van der Waals surface area contributed by atoms with Gasteiger partial charge in [-0.2, -0.15) is 4.39 Å². The van der Waals surface area contributed by atoms with Gasteiger partial charge in [0.25, 0.3) is 5.91 Å². The van der Waals surface area contributed by atoms with E-state index >= 15 is 0 Å². The van der Waals surface area contributed by atoms with Crippen molar-refractivity contribution in [2.45, 2.75) is 26.3 Å². The number of phenols is 1. The van der Waals surface area contributed by atoms with Crippen molar-refractivity contribution in [3.05, 3.63) is 29.1 Å². The first-order valence-corrected chi connectivity index (χ1v) is 6.62. The first-order chi connectivity index (χ1) is 9.74. The van der Waals surface area contributed by atoms with E-state index in [1.54, 1.807) is 0 Å². The fourth-order valence-corrected chi connectivity index (χ4v) is 2.43. The number of halogens is 3. The van der Waals surface area contributed by atoms with Gasteiger partial charge in [-0.1, -0.05) is 13.8 Å². The van der Waals surface area contributed by atoms with Crippen molar-refractivity contribution in [1.82, 2.24) is 10.6 Å². The molecule has 0 radical (unpaired) electrons. The Labute approximate surface area is 120 Å². The molecule has 0 aliphatic carbocycles. The molecule has 116 valence electrons. The molecular formula is C14H17F3N2O2. The van der Waals surface area contributed by atoms with Crippen LogP contribution in [0.25, 0.3) is 0 Å². The summed E-state index contributed by atoms with van der Waals surface area (Å²) >= 11 is 0. The fourth-order valence-electron chi connectivity index (χ4n) is 2.43. The Hall–Kier alpha value is -1.76. The van der Waals surface area contributed by atoms with E-state index in [1.807, 2.05) is 13.8 Å². The molecule has 3 N–H and O–H groups in total. The number of hydrogen-bond acceptors (Lipinski definition) is 3. The third-order valence-electron chi connectivity index (χ3n) is 3.82. The lowest BCUT2D eigenvalue weighted by atomic mass is 9.80. The average molecular weight is 302 g/mol. The molecule has 1 aliphatic rings. The van der Waals surface area contributed by atoms with Gasteiger partial charge in [0.1, 0.15) is 0 Å². The molecule has 0 bridgehead atoms. The lowest BCUT2D eigenvalue weighted by molar-refractivity contribution is 0.0863. The second kappa shape index (κ2) is 5.55. The van der Waals surface area contributed by atoms with Crippen LogP contribution >= 0.6 is 0 Å². The molecule has 1 heterocycles. The lowest BCUT2D eigenvalue weighted by Crippen LogP contribution is -2.54. The maximum absolute atomic E-state index is 13.7. The molecule has 0 spiro atoms. The van der Waals surface area contributed by atoms with E-state index in [4.69, 9.17) is 5.11 Å². The zero-order valence-corrected chi connectivity index (χ0v) is 11.8. The maximum atomic E-state index is 13.7. The Morgan fingerprint density at radius 3 is 2.67 bits per heavy atom. The van der Waals surface area contributed by atoms with Gasteiger partial charge in [0.05, 0.1) is 5.56 Å². The van der Waals surface area contributed by atoms with Crippen molar-refractivity contribution in [3.8, 4) is 5.75 Å². The van der Waals surface area contributed by atoms with Gasteiger partial charge in [0, 0.05) is 12.6 Å². The number of amides is 1. The van der Waals surface area contributed by atoms with Crippen molar-refractivity contribution in [3.63, 3.8) is 0 Å². The summed E-state index contributed by atoms with van der Waals surface area (Å²) in [5, 5.41) is 14.9. The number of carbonyl (C=O) groups excluding carboxylic acids is 1. The summed E-state index contributed by atoms with van der Waals surface area (Å²) in [4.78, 5) is 12.1. The van der Waals surface area contributed by atoms with Gasteiger partial charge in [-0.15, -0.1) is 0 Å². The summed E-state index contributed by atoms with van der Waals surface area (Å²) in [6.07, 6.45) is 0.635. The van der Waals surface area contributed by atoms with Crippen molar-refractivity contribution >= 4 is 5.91 Å². The van der Waals surface area contributed by atoms with Crippen LogP contribution in [0.2, 0.25) is 0 Å². The van der Waals surface area contributed by atoms with Gasteiger partial charge in [-0.25, -0.2) is 8.78 Å². The van der Waals surface area contributed by atoms with E-state index in [-0.39, 0.29) is 11.5 Å². The topological polar surface area (TPSA) is 61.4 Å². The number of rotatable bonds is 2. The second-order valence-electron chi connectivity index (χ2n) is 5.86. The highest BCUT2D eigenvalue weighted by atomic mass is 19.2. The van der Waals surface area contributed by atoms with E-state index in [0.29, 0.717) is 25.6 Å². The third-order valence-corrected chi connectivity index (χ3v) is 3.82. The summed E-state index contributed by atoms with van der Waals surface area (Å²) in [6, 6.07) is 0.217. The first kappa shape index (κ1) is 15.6. The Kier molecular flexibility index (Phi) is 4.13. The Morgan fingerprint density at radius 1 is 1.38 bits per heavy atom. The van der Waals surface area contributed by atoms with E-state index in [0.717, 1.165) is 0 Å². The Morgan fingerprint density at radius 2 is 2.05 bits per heavy atom. The predicted octanol–water partition coefficient (Wildman–Crippen LogP) is 1.93. The van der Waals surface area contributed by atoms with Crippen LogP contribution in [0.4, 0.5) is 13.2 Å². The highest BCUT2D eigenvalue weighted by Crippen LogP contribution is 2.28. The van der Waals surface area contributed by atoms with Crippen LogP contribution in [-0.2, 0) is 0 Å². The number of nitrogens with one attached hydrogen (secondary N) is 2. The lowest BCUT2D eigenvalue weighted by Gasteiger charge is -2.39. The Balaban J connectivity index is 2.25. The molecule has 1 fully saturated rings. The molecule has 4 nitrogen and oxygen atoms in total. The zero-order valence-electron chi connectivity index (χ0n) is 11.8. The number of aromatic hydroxyl groups is 1. The normalized spacial score (nSPS) is 21.1.